The number of Topliss-reactive ketones (excluding diaryl/α,β-unsaturated/α-hetero) is 1. The number of ketones is 1. The summed E-state index contributed by atoms with van der Waals surface area (Å²) >= 11 is 1.64. The number of thiophene rings is 1. The highest BCUT2D eigenvalue weighted by Crippen LogP contribution is 2.26. The largest absolute Gasteiger partial charge is 0.354 e. The van der Waals surface area contributed by atoms with Crippen molar-refractivity contribution >= 4 is 39.6 Å². The van der Waals surface area contributed by atoms with Crippen LogP contribution in [0.2, 0.25) is 0 Å². The van der Waals surface area contributed by atoms with Crippen molar-refractivity contribution in [2.45, 2.75) is 13.0 Å². The number of carbonyl (C=O) groups is 1. The number of rotatable bonds is 4. The Balaban J connectivity index is 0.00000133. The number of fused-ring (bicyclic) bond motifs is 1. The van der Waals surface area contributed by atoms with Crippen molar-refractivity contribution in [3.63, 3.8) is 0 Å². The maximum atomic E-state index is 12.2. The van der Waals surface area contributed by atoms with E-state index in [0.717, 1.165) is 17.5 Å². The summed E-state index contributed by atoms with van der Waals surface area (Å²) in [6.45, 7) is 0.746. The molecule has 0 saturated heterocycles. The molecule has 1 aromatic carbocycles. The number of hydrogen-bond donors (Lipinski definition) is 0. The van der Waals surface area contributed by atoms with Crippen molar-refractivity contribution in [2.24, 2.45) is 0 Å². The molecule has 3 aromatic rings. The number of aromatic nitrogens is 1. The third kappa shape index (κ3) is 2.88. The smallest absolute Gasteiger partial charge is 0.166 e. The van der Waals surface area contributed by atoms with Crippen molar-refractivity contribution < 1.29 is 4.79 Å². The normalized spacial score (nSPS) is 10.3. The molecule has 0 radical (unpaired) electrons. The van der Waals surface area contributed by atoms with Gasteiger partial charge in [-0.05, 0) is 18.2 Å². The third-order valence-electron chi connectivity index (χ3n) is 3.04. The molecule has 0 bridgehead atoms. The lowest BCUT2D eigenvalue weighted by molar-refractivity contribution is 0.0979. The van der Waals surface area contributed by atoms with Crippen LogP contribution in [0.5, 0.6) is 0 Å². The van der Waals surface area contributed by atoms with E-state index >= 15 is 0 Å². The van der Waals surface area contributed by atoms with Crippen molar-refractivity contribution in [2.75, 3.05) is 0 Å². The van der Waals surface area contributed by atoms with Gasteiger partial charge in [-0.2, -0.15) is 0 Å². The predicted octanol–water partition coefficient (Wildman–Crippen LogP) is 4.40. The van der Waals surface area contributed by atoms with Crippen LogP contribution in [0.15, 0.2) is 54.2 Å². The molecule has 2 heterocycles. The van der Waals surface area contributed by atoms with E-state index < -0.39 is 0 Å². The first-order valence-electron chi connectivity index (χ1n) is 5.95. The molecule has 3 rings (SSSR count). The molecule has 0 amide bonds. The fourth-order valence-corrected chi connectivity index (χ4v) is 3.04. The molecule has 98 valence electrons. The molecule has 0 aliphatic carbocycles. The Morgan fingerprint density at radius 2 is 1.84 bits per heavy atom. The van der Waals surface area contributed by atoms with Crippen LogP contribution in [-0.4, -0.2) is 10.4 Å². The van der Waals surface area contributed by atoms with E-state index in [2.05, 4.69) is 6.07 Å². The fourth-order valence-electron chi connectivity index (χ4n) is 2.08. The third-order valence-corrected chi connectivity index (χ3v) is 4.01. The van der Waals surface area contributed by atoms with Crippen LogP contribution in [-0.2, 0) is 6.54 Å². The first kappa shape index (κ1) is 13.8. The minimum Gasteiger partial charge on any atom is -0.354 e. The van der Waals surface area contributed by atoms with E-state index in [1.807, 2.05) is 52.7 Å². The average Bonchev–Trinajstić information content (AvgIpc) is 3.05. The lowest BCUT2D eigenvalue weighted by Gasteiger charge is -2.02. The lowest BCUT2D eigenvalue weighted by Crippen LogP contribution is -2.04. The number of halogens is 1. The SMILES string of the molecule is Cl.O=C(CCn1cccc1)c1csc2ccccc12. The van der Waals surface area contributed by atoms with Gasteiger partial charge in [0, 0.05) is 46.4 Å². The molecule has 0 atom stereocenters. The van der Waals surface area contributed by atoms with E-state index in [9.17, 15) is 4.79 Å². The minimum atomic E-state index is 0. The van der Waals surface area contributed by atoms with Crippen molar-refractivity contribution in [1.29, 1.82) is 0 Å². The summed E-state index contributed by atoms with van der Waals surface area (Å²) in [5, 5.41) is 3.06. The van der Waals surface area contributed by atoms with E-state index in [4.69, 9.17) is 0 Å². The zero-order valence-corrected chi connectivity index (χ0v) is 11.9. The highest BCUT2D eigenvalue weighted by molar-refractivity contribution is 7.17. The van der Waals surface area contributed by atoms with Crippen LogP contribution in [0.25, 0.3) is 10.1 Å². The van der Waals surface area contributed by atoms with Crippen molar-refractivity contribution in [1.82, 2.24) is 4.57 Å². The Labute approximate surface area is 122 Å². The Morgan fingerprint density at radius 3 is 2.63 bits per heavy atom. The van der Waals surface area contributed by atoms with Crippen LogP contribution in [0.1, 0.15) is 16.8 Å². The van der Waals surface area contributed by atoms with Gasteiger partial charge < -0.3 is 4.57 Å². The lowest BCUT2D eigenvalue weighted by atomic mass is 10.1. The summed E-state index contributed by atoms with van der Waals surface area (Å²) in [7, 11) is 0. The molecule has 0 fully saturated rings. The number of benzene rings is 1. The van der Waals surface area contributed by atoms with Gasteiger partial charge in [0.25, 0.3) is 0 Å². The van der Waals surface area contributed by atoms with E-state index in [-0.39, 0.29) is 18.2 Å². The van der Waals surface area contributed by atoms with Gasteiger partial charge in [-0.25, -0.2) is 0 Å². The quantitative estimate of drug-likeness (QED) is 0.653. The van der Waals surface area contributed by atoms with E-state index in [1.165, 1.54) is 4.70 Å². The second kappa shape index (κ2) is 6.04. The minimum absolute atomic E-state index is 0. The molecule has 2 aromatic heterocycles. The van der Waals surface area contributed by atoms with Crippen LogP contribution < -0.4 is 0 Å². The summed E-state index contributed by atoms with van der Waals surface area (Å²) < 4.78 is 3.22. The maximum Gasteiger partial charge on any atom is 0.166 e. The predicted molar refractivity (Wildman–Crippen MR) is 82.5 cm³/mol. The molecular formula is C15H14ClNOS. The highest BCUT2D eigenvalue weighted by atomic mass is 35.5. The van der Waals surface area contributed by atoms with Gasteiger partial charge in [0.15, 0.2) is 5.78 Å². The molecule has 19 heavy (non-hydrogen) atoms. The fraction of sp³-hybridized carbons (Fsp3) is 0.133. The summed E-state index contributed by atoms with van der Waals surface area (Å²) in [6, 6.07) is 12.0. The number of aryl methyl sites for hydroxylation is 1. The zero-order chi connectivity index (χ0) is 12.4. The first-order valence-corrected chi connectivity index (χ1v) is 6.83. The highest BCUT2D eigenvalue weighted by Gasteiger charge is 2.11. The Kier molecular flexibility index (Phi) is 4.40. The summed E-state index contributed by atoms with van der Waals surface area (Å²) in [4.78, 5) is 12.2. The molecule has 0 saturated carbocycles. The summed E-state index contributed by atoms with van der Waals surface area (Å²) in [5.74, 6) is 0.223. The van der Waals surface area contributed by atoms with Gasteiger partial charge in [-0.1, -0.05) is 18.2 Å². The topological polar surface area (TPSA) is 22.0 Å². The van der Waals surface area contributed by atoms with Gasteiger partial charge in [0.05, 0.1) is 0 Å². The molecule has 4 heteroatoms. The first-order chi connectivity index (χ1) is 8.84. The monoisotopic (exact) mass is 291 g/mol. The Hall–Kier alpha value is -1.58. The van der Waals surface area contributed by atoms with Gasteiger partial charge in [0.2, 0.25) is 0 Å². The molecule has 0 unspecified atom stereocenters. The van der Waals surface area contributed by atoms with Crippen molar-refractivity contribution in [3.8, 4) is 0 Å². The van der Waals surface area contributed by atoms with Crippen LogP contribution >= 0.6 is 23.7 Å². The second-order valence-electron chi connectivity index (χ2n) is 4.24. The van der Waals surface area contributed by atoms with E-state index in [0.29, 0.717) is 6.42 Å². The average molecular weight is 292 g/mol. The van der Waals surface area contributed by atoms with Crippen LogP contribution in [0.4, 0.5) is 0 Å². The molecular weight excluding hydrogens is 278 g/mol. The Bertz CT molecular complexity index is 672. The van der Waals surface area contributed by atoms with Gasteiger partial charge in [-0.15, -0.1) is 23.7 Å². The molecule has 2 nitrogen and oxygen atoms in total. The van der Waals surface area contributed by atoms with Gasteiger partial charge >= 0.3 is 0 Å². The molecule has 0 aliphatic rings. The Morgan fingerprint density at radius 1 is 1.11 bits per heavy atom. The number of nitrogens with zero attached hydrogens (tertiary/aromatic N) is 1. The van der Waals surface area contributed by atoms with Crippen LogP contribution in [0, 0.1) is 0 Å². The number of carbonyl (C=O) groups excluding carboxylic acids is 1. The van der Waals surface area contributed by atoms with Crippen LogP contribution in [0.3, 0.4) is 0 Å². The molecule has 0 spiro atoms. The second-order valence-corrected chi connectivity index (χ2v) is 5.15. The van der Waals surface area contributed by atoms with Gasteiger partial charge in [0.1, 0.15) is 0 Å². The zero-order valence-electron chi connectivity index (χ0n) is 10.3. The standard InChI is InChI=1S/C15H13NOS.ClH/c17-14(7-10-16-8-3-4-9-16)13-11-18-15-6-2-1-5-12(13)15;/h1-6,8-9,11H,7,10H2;1H. The van der Waals surface area contributed by atoms with Gasteiger partial charge in [-0.3, -0.25) is 4.79 Å². The molecule has 0 N–H and O–H groups in total. The molecule has 0 aliphatic heterocycles. The summed E-state index contributed by atoms with van der Waals surface area (Å²) in [5.41, 5.74) is 0.864. The van der Waals surface area contributed by atoms with E-state index in [1.54, 1.807) is 11.3 Å². The maximum absolute atomic E-state index is 12.2. The summed E-state index contributed by atoms with van der Waals surface area (Å²) in [6.07, 6.45) is 4.52. The number of hydrogen-bond acceptors (Lipinski definition) is 2. The van der Waals surface area contributed by atoms with Crippen molar-refractivity contribution in [3.05, 3.63) is 59.7 Å².